The number of aryl methyl sites for hydroxylation is 2. The van der Waals surface area contributed by atoms with Crippen LogP contribution in [0.25, 0.3) is 27.5 Å². The van der Waals surface area contributed by atoms with E-state index in [1.807, 2.05) is 64.1 Å². The Hall–Kier alpha value is -4.31. The van der Waals surface area contributed by atoms with Crippen molar-refractivity contribution >= 4 is 33.5 Å². The molecule has 0 N–H and O–H groups in total. The van der Waals surface area contributed by atoms with E-state index in [-0.39, 0.29) is 41.1 Å². The van der Waals surface area contributed by atoms with E-state index in [1.54, 1.807) is 9.47 Å². The first-order valence-electron chi connectivity index (χ1n) is 15.0. The van der Waals surface area contributed by atoms with Crippen LogP contribution in [0.3, 0.4) is 0 Å². The molecule has 4 heterocycles. The van der Waals surface area contributed by atoms with Gasteiger partial charge in [0.2, 0.25) is 5.91 Å². The fourth-order valence-electron chi connectivity index (χ4n) is 6.77. The number of ether oxygens (including phenoxy) is 1. The van der Waals surface area contributed by atoms with Crippen molar-refractivity contribution in [3.8, 4) is 11.7 Å². The highest BCUT2D eigenvalue weighted by atomic mass is 16.5. The van der Waals surface area contributed by atoms with Gasteiger partial charge in [0.05, 0.1) is 5.69 Å². The van der Waals surface area contributed by atoms with Gasteiger partial charge in [-0.05, 0) is 77.2 Å². The Morgan fingerprint density at radius 1 is 1.05 bits per heavy atom. The lowest BCUT2D eigenvalue weighted by Gasteiger charge is -2.45. The van der Waals surface area contributed by atoms with Crippen LogP contribution in [-0.4, -0.2) is 86.6 Å². The summed E-state index contributed by atoms with van der Waals surface area (Å²) in [5.74, 6) is 0.991. The molecule has 224 valence electrons. The number of aromatic nitrogens is 4. The van der Waals surface area contributed by atoms with Gasteiger partial charge in [-0.1, -0.05) is 36.9 Å². The largest absolute Gasteiger partial charge is 0.462 e. The Labute approximate surface area is 251 Å². The molecule has 2 aliphatic rings. The fourth-order valence-corrected chi connectivity index (χ4v) is 6.77. The number of benzene rings is 2. The van der Waals surface area contributed by atoms with Crippen LogP contribution < -0.4 is 15.2 Å². The van der Waals surface area contributed by atoms with Crippen LogP contribution in [0.5, 0.6) is 6.01 Å². The van der Waals surface area contributed by atoms with Gasteiger partial charge in [0.1, 0.15) is 17.9 Å². The maximum Gasteiger partial charge on any atom is 0.319 e. The van der Waals surface area contributed by atoms with Crippen LogP contribution in [0, 0.1) is 13.8 Å². The molecule has 0 saturated carbocycles. The number of fused-ring (bicyclic) bond motifs is 2. The van der Waals surface area contributed by atoms with Gasteiger partial charge in [-0.15, -0.1) is 0 Å². The molecule has 0 bridgehead atoms. The second kappa shape index (κ2) is 11.4. The number of anilines is 1. The van der Waals surface area contributed by atoms with Gasteiger partial charge in [0.25, 0.3) is 5.56 Å². The molecule has 4 aromatic rings. The number of amides is 1. The Morgan fingerprint density at radius 2 is 1.77 bits per heavy atom. The lowest BCUT2D eigenvalue weighted by Crippen LogP contribution is -2.58. The number of carbonyl (C=O) groups is 1. The number of hydrogen-bond acceptors (Lipinski definition) is 8. The van der Waals surface area contributed by atoms with E-state index in [9.17, 15) is 9.59 Å². The molecule has 2 saturated heterocycles. The van der Waals surface area contributed by atoms with Crippen LogP contribution in [0.2, 0.25) is 0 Å². The molecule has 2 fully saturated rings. The van der Waals surface area contributed by atoms with Crippen LogP contribution in [0.15, 0.2) is 53.8 Å². The molecule has 0 unspecified atom stereocenters. The van der Waals surface area contributed by atoms with Crippen LogP contribution in [-0.2, 0) is 4.79 Å². The summed E-state index contributed by atoms with van der Waals surface area (Å²) in [7, 11) is 2.10. The number of carbonyl (C=O) groups excluding carboxylic acids is 1. The molecular formula is C33H39N7O3. The third kappa shape index (κ3) is 5.14. The van der Waals surface area contributed by atoms with Crippen LogP contribution >= 0.6 is 0 Å². The predicted octanol–water partition coefficient (Wildman–Crippen LogP) is 4.03. The van der Waals surface area contributed by atoms with Crippen molar-refractivity contribution in [2.75, 3.05) is 38.2 Å². The monoisotopic (exact) mass is 581 g/mol. The van der Waals surface area contributed by atoms with Crippen molar-refractivity contribution in [3.63, 3.8) is 0 Å². The van der Waals surface area contributed by atoms with Crippen LogP contribution in [0.4, 0.5) is 5.82 Å². The maximum atomic E-state index is 14.4. The fraction of sp³-hybridized carbons (Fsp3) is 0.424. The molecule has 1 amide bonds. The number of nitrogens with zero attached hydrogens (tertiary/aromatic N) is 7. The zero-order chi connectivity index (χ0) is 30.4. The van der Waals surface area contributed by atoms with E-state index in [0.717, 1.165) is 41.4 Å². The van der Waals surface area contributed by atoms with Gasteiger partial charge in [-0.25, -0.2) is 4.98 Å². The normalized spacial score (nSPS) is 21.1. The summed E-state index contributed by atoms with van der Waals surface area (Å²) >= 11 is 0. The van der Waals surface area contributed by atoms with Crippen molar-refractivity contribution in [1.82, 2.24) is 29.3 Å². The molecule has 2 aliphatic heterocycles. The first kappa shape index (κ1) is 28.8. The quantitative estimate of drug-likeness (QED) is 0.315. The molecule has 0 spiro atoms. The molecule has 6 rings (SSSR count). The van der Waals surface area contributed by atoms with E-state index in [1.165, 1.54) is 6.08 Å². The van der Waals surface area contributed by atoms with Gasteiger partial charge in [-0.3, -0.25) is 14.2 Å². The van der Waals surface area contributed by atoms with Gasteiger partial charge < -0.3 is 19.4 Å². The van der Waals surface area contributed by atoms with E-state index in [0.29, 0.717) is 36.9 Å². The smallest absolute Gasteiger partial charge is 0.319 e. The van der Waals surface area contributed by atoms with Crippen molar-refractivity contribution in [1.29, 1.82) is 0 Å². The van der Waals surface area contributed by atoms with Crippen LogP contribution in [0.1, 0.15) is 38.1 Å². The summed E-state index contributed by atoms with van der Waals surface area (Å²) in [6.07, 6.45) is 3.51. The zero-order valence-corrected chi connectivity index (χ0v) is 25.6. The first-order chi connectivity index (χ1) is 20.7. The second-order valence-electron chi connectivity index (χ2n) is 11.9. The molecule has 0 aliphatic carbocycles. The van der Waals surface area contributed by atoms with Gasteiger partial charge in [0.15, 0.2) is 11.3 Å². The van der Waals surface area contributed by atoms with E-state index >= 15 is 0 Å². The number of likely N-dealkylation sites (tertiary alicyclic amines) is 1. The van der Waals surface area contributed by atoms with E-state index < -0.39 is 0 Å². The van der Waals surface area contributed by atoms with E-state index in [2.05, 4.69) is 23.4 Å². The van der Waals surface area contributed by atoms with Crippen molar-refractivity contribution in [2.24, 2.45) is 0 Å². The third-order valence-electron chi connectivity index (χ3n) is 8.91. The summed E-state index contributed by atoms with van der Waals surface area (Å²) in [6, 6.07) is 12.3. The minimum Gasteiger partial charge on any atom is -0.462 e. The molecule has 2 aromatic heterocycles. The summed E-state index contributed by atoms with van der Waals surface area (Å²) < 4.78 is 7.87. The van der Waals surface area contributed by atoms with Gasteiger partial charge in [0, 0.05) is 36.6 Å². The average Bonchev–Trinajstić information content (AvgIpc) is 3.40. The second-order valence-corrected chi connectivity index (χ2v) is 11.9. The Morgan fingerprint density at radius 3 is 2.44 bits per heavy atom. The highest BCUT2D eigenvalue weighted by molar-refractivity contribution is 5.94. The Balaban J connectivity index is 1.52. The van der Waals surface area contributed by atoms with Crippen molar-refractivity contribution < 1.29 is 9.53 Å². The topological polar surface area (TPSA) is 96.7 Å². The Bertz CT molecular complexity index is 1770. The summed E-state index contributed by atoms with van der Waals surface area (Å²) in [4.78, 5) is 47.7. The molecular weight excluding hydrogens is 542 g/mol. The molecule has 10 heteroatoms. The minimum atomic E-state index is -0.273. The third-order valence-corrected chi connectivity index (χ3v) is 8.91. The predicted molar refractivity (Wildman–Crippen MR) is 169 cm³/mol. The minimum absolute atomic E-state index is 0.0928. The number of hydrogen-bond donors (Lipinski definition) is 0. The van der Waals surface area contributed by atoms with Gasteiger partial charge >= 0.3 is 6.01 Å². The number of rotatable bonds is 6. The summed E-state index contributed by atoms with van der Waals surface area (Å²) in [5, 5.41) is 2.04. The highest BCUT2D eigenvalue weighted by Gasteiger charge is 2.35. The average molecular weight is 582 g/mol. The highest BCUT2D eigenvalue weighted by Crippen LogP contribution is 2.31. The summed E-state index contributed by atoms with van der Waals surface area (Å²) in [6.45, 7) is 14.1. The molecule has 10 nitrogen and oxygen atoms in total. The van der Waals surface area contributed by atoms with Crippen molar-refractivity contribution in [2.45, 2.75) is 58.7 Å². The molecule has 43 heavy (non-hydrogen) atoms. The van der Waals surface area contributed by atoms with E-state index in [4.69, 9.17) is 19.7 Å². The number of piperazine rings is 1. The first-order valence-corrected chi connectivity index (χ1v) is 15.0. The Kier molecular flexibility index (Phi) is 7.64. The SMILES string of the molecule is C=CC(=O)N1C[C@H](C)N(c2nc(OC[C@@H]3CCCN3C)nc3c(=O)n(-c4cccc5cccc(C)c45)c(C)nc23)[C@@H](C)C1. The van der Waals surface area contributed by atoms with Crippen molar-refractivity contribution in [3.05, 3.63) is 70.8 Å². The number of likely N-dealkylation sites (N-methyl/N-ethyl adjacent to an activating group) is 1. The summed E-state index contributed by atoms with van der Waals surface area (Å²) in [5.41, 5.74) is 2.21. The lowest BCUT2D eigenvalue weighted by atomic mass is 10.0. The standard InChI is InChI=1S/C33H39N7O3/c1-7-27(41)38-17-21(3)39(22(4)18-38)31-29-30(35-33(36-31)43-19-25-14-10-16-37(25)6)32(42)40(23(5)34-29)26-15-9-13-24-12-8-11-20(2)28(24)26/h7-9,11-13,15,21-22,25H,1,10,14,16-19H2,2-6H3/t21-,22-,25-/m0/s1. The van der Waals surface area contributed by atoms with Gasteiger partial charge in [-0.2, -0.15) is 9.97 Å². The maximum absolute atomic E-state index is 14.4. The lowest BCUT2D eigenvalue weighted by molar-refractivity contribution is -0.127. The molecule has 0 radical (unpaired) electrons. The molecule has 2 aromatic carbocycles. The molecule has 3 atom stereocenters. The zero-order valence-electron chi connectivity index (χ0n) is 25.6.